The lowest BCUT2D eigenvalue weighted by Gasteiger charge is -2.03. The van der Waals surface area contributed by atoms with Gasteiger partial charge < -0.3 is 4.98 Å². The van der Waals surface area contributed by atoms with Crippen molar-refractivity contribution in [3.05, 3.63) is 79.1 Å². The van der Waals surface area contributed by atoms with Gasteiger partial charge >= 0.3 is 0 Å². The molecular formula is C23H14N4. The predicted molar refractivity (Wildman–Crippen MR) is 110 cm³/mol. The van der Waals surface area contributed by atoms with Crippen molar-refractivity contribution in [2.24, 2.45) is 0 Å². The SMILES string of the molecule is c1ccc2c(-c3nc4c5cccnc5c5ncccc5c4[nH]3)cccc2c1. The van der Waals surface area contributed by atoms with Gasteiger partial charge in [-0.05, 0) is 35.0 Å². The van der Waals surface area contributed by atoms with Crippen LogP contribution in [0.2, 0.25) is 0 Å². The van der Waals surface area contributed by atoms with Crippen LogP contribution < -0.4 is 0 Å². The number of aromatic amines is 1. The normalized spacial score (nSPS) is 11.7. The van der Waals surface area contributed by atoms with E-state index in [-0.39, 0.29) is 0 Å². The Kier molecular flexibility index (Phi) is 2.85. The van der Waals surface area contributed by atoms with Crippen LogP contribution >= 0.6 is 0 Å². The lowest BCUT2D eigenvalue weighted by atomic mass is 10.0. The molecule has 0 aliphatic rings. The zero-order valence-corrected chi connectivity index (χ0v) is 14.3. The van der Waals surface area contributed by atoms with Crippen molar-refractivity contribution >= 4 is 43.6 Å². The van der Waals surface area contributed by atoms with E-state index >= 15 is 0 Å². The van der Waals surface area contributed by atoms with Crippen molar-refractivity contribution in [3.8, 4) is 11.4 Å². The summed E-state index contributed by atoms with van der Waals surface area (Å²) >= 11 is 0. The summed E-state index contributed by atoms with van der Waals surface area (Å²) in [6.07, 6.45) is 3.62. The summed E-state index contributed by atoms with van der Waals surface area (Å²) in [7, 11) is 0. The molecule has 4 nitrogen and oxygen atoms in total. The maximum atomic E-state index is 4.99. The molecule has 3 aromatic heterocycles. The molecule has 0 fully saturated rings. The summed E-state index contributed by atoms with van der Waals surface area (Å²) in [5, 5.41) is 4.44. The van der Waals surface area contributed by atoms with E-state index in [1.165, 1.54) is 10.8 Å². The third-order valence-electron chi connectivity index (χ3n) is 5.11. The second-order valence-corrected chi connectivity index (χ2v) is 6.63. The van der Waals surface area contributed by atoms with Gasteiger partial charge in [0.1, 0.15) is 5.82 Å². The average molecular weight is 346 g/mol. The number of fused-ring (bicyclic) bond motifs is 7. The Balaban J connectivity index is 1.78. The molecule has 3 aromatic carbocycles. The summed E-state index contributed by atoms with van der Waals surface area (Å²) < 4.78 is 0. The molecule has 4 heteroatoms. The van der Waals surface area contributed by atoms with Crippen molar-refractivity contribution in [2.45, 2.75) is 0 Å². The largest absolute Gasteiger partial charge is 0.337 e. The minimum absolute atomic E-state index is 0.864. The van der Waals surface area contributed by atoms with E-state index in [0.29, 0.717) is 0 Å². The van der Waals surface area contributed by atoms with Crippen molar-refractivity contribution in [1.29, 1.82) is 0 Å². The zero-order chi connectivity index (χ0) is 17.8. The standard InChI is InChI=1S/C23H14N4/c1-2-8-15-14(6-1)7-3-9-16(15)23-26-21-17-10-4-12-24-19(17)20-18(22(21)27-23)11-5-13-25-20/h1-13H,(H,26,27). The van der Waals surface area contributed by atoms with Crippen molar-refractivity contribution in [3.63, 3.8) is 0 Å². The van der Waals surface area contributed by atoms with Gasteiger partial charge in [0, 0.05) is 28.7 Å². The number of aromatic nitrogens is 4. The molecular weight excluding hydrogens is 332 g/mol. The van der Waals surface area contributed by atoms with E-state index < -0.39 is 0 Å². The highest BCUT2D eigenvalue weighted by molar-refractivity contribution is 6.21. The summed E-state index contributed by atoms with van der Waals surface area (Å²) in [5.41, 5.74) is 4.81. The quantitative estimate of drug-likeness (QED) is 0.401. The number of hydrogen-bond acceptors (Lipinski definition) is 3. The lowest BCUT2D eigenvalue weighted by Crippen LogP contribution is -1.86. The van der Waals surface area contributed by atoms with Crippen molar-refractivity contribution in [1.82, 2.24) is 19.9 Å². The van der Waals surface area contributed by atoms with E-state index in [0.717, 1.165) is 44.2 Å². The first-order chi connectivity index (χ1) is 13.4. The van der Waals surface area contributed by atoms with E-state index in [1.54, 1.807) is 6.20 Å². The molecule has 27 heavy (non-hydrogen) atoms. The Bertz CT molecular complexity index is 1400. The number of H-pyrrole nitrogens is 1. The summed E-state index contributed by atoms with van der Waals surface area (Å²) in [4.78, 5) is 17.7. The Morgan fingerprint density at radius 1 is 0.593 bits per heavy atom. The molecule has 0 spiro atoms. The molecule has 0 radical (unpaired) electrons. The number of benzene rings is 3. The first-order valence-electron chi connectivity index (χ1n) is 8.89. The van der Waals surface area contributed by atoms with Gasteiger partial charge in [0.05, 0.1) is 22.1 Å². The lowest BCUT2D eigenvalue weighted by molar-refractivity contribution is 1.35. The molecule has 3 heterocycles. The first kappa shape index (κ1) is 14.4. The molecule has 0 atom stereocenters. The fraction of sp³-hybridized carbons (Fsp3) is 0. The van der Waals surface area contributed by atoms with Gasteiger partial charge in [-0.15, -0.1) is 0 Å². The fourth-order valence-electron chi connectivity index (χ4n) is 3.90. The average Bonchev–Trinajstić information content (AvgIpc) is 3.19. The molecule has 0 saturated carbocycles. The van der Waals surface area contributed by atoms with Gasteiger partial charge in [-0.1, -0.05) is 42.5 Å². The van der Waals surface area contributed by atoms with Crippen LogP contribution in [0.3, 0.4) is 0 Å². The molecule has 0 amide bonds. The maximum Gasteiger partial charge on any atom is 0.139 e. The van der Waals surface area contributed by atoms with E-state index in [4.69, 9.17) is 4.98 Å². The van der Waals surface area contributed by atoms with Crippen molar-refractivity contribution in [2.75, 3.05) is 0 Å². The number of pyridine rings is 2. The second kappa shape index (κ2) is 5.35. The number of imidazole rings is 1. The third-order valence-corrected chi connectivity index (χ3v) is 5.11. The van der Waals surface area contributed by atoms with Crippen LogP contribution in [-0.2, 0) is 0 Å². The monoisotopic (exact) mass is 346 g/mol. The Morgan fingerprint density at radius 2 is 1.30 bits per heavy atom. The van der Waals surface area contributed by atoms with Gasteiger partial charge in [0.25, 0.3) is 0 Å². The van der Waals surface area contributed by atoms with Crippen LogP contribution in [0.5, 0.6) is 0 Å². The van der Waals surface area contributed by atoms with Gasteiger partial charge in [-0.3, -0.25) is 9.97 Å². The van der Waals surface area contributed by atoms with Crippen LogP contribution in [0.4, 0.5) is 0 Å². The Labute approximate surface area is 154 Å². The number of rotatable bonds is 1. The minimum atomic E-state index is 0.864. The number of hydrogen-bond donors (Lipinski definition) is 1. The molecule has 6 aromatic rings. The Morgan fingerprint density at radius 3 is 2.19 bits per heavy atom. The molecule has 126 valence electrons. The summed E-state index contributed by atoms with van der Waals surface area (Å²) in [6.45, 7) is 0. The molecule has 0 saturated heterocycles. The molecule has 0 aliphatic carbocycles. The number of nitrogens with one attached hydrogen (secondary N) is 1. The molecule has 0 aliphatic heterocycles. The topological polar surface area (TPSA) is 54.5 Å². The molecule has 0 bridgehead atoms. The fourth-order valence-corrected chi connectivity index (χ4v) is 3.90. The van der Waals surface area contributed by atoms with Crippen molar-refractivity contribution < 1.29 is 0 Å². The highest BCUT2D eigenvalue weighted by Gasteiger charge is 2.15. The molecule has 1 N–H and O–H groups in total. The van der Waals surface area contributed by atoms with Crippen LogP contribution in [0.25, 0.3) is 55.0 Å². The predicted octanol–water partition coefficient (Wildman–Crippen LogP) is 5.48. The van der Waals surface area contributed by atoms with Gasteiger partial charge in [0.15, 0.2) is 0 Å². The summed E-state index contributed by atoms with van der Waals surface area (Å²) in [5.74, 6) is 0.864. The van der Waals surface area contributed by atoms with E-state index in [2.05, 4.69) is 69.5 Å². The van der Waals surface area contributed by atoms with Crippen LogP contribution in [-0.4, -0.2) is 19.9 Å². The van der Waals surface area contributed by atoms with E-state index in [1.807, 2.05) is 18.3 Å². The van der Waals surface area contributed by atoms with Crippen LogP contribution in [0, 0.1) is 0 Å². The molecule has 0 unspecified atom stereocenters. The van der Waals surface area contributed by atoms with Gasteiger partial charge in [0.2, 0.25) is 0 Å². The first-order valence-corrected chi connectivity index (χ1v) is 8.89. The molecule has 6 rings (SSSR count). The zero-order valence-electron chi connectivity index (χ0n) is 14.3. The highest BCUT2D eigenvalue weighted by Crippen LogP contribution is 2.34. The van der Waals surface area contributed by atoms with Crippen LogP contribution in [0.15, 0.2) is 79.1 Å². The maximum absolute atomic E-state index is 4.99. The van der Waals surface area contributed by atoms with Gasteiger partial charge in [-0.2, -0.15) is 0 Å². The second-order valence-electron chi connectivity index (χ2n) is 6.63. The van der Waals surface area contributed by atoms with Gasteiger partial charge in [-0.25, -0.2) is 4.98 Å². The smallest absolute Gasteiger partial charge is 0.139 e. The van der Waals surface area contributed by atoms with Crippen LogP contribution in [0.1, 0.15) is 0 Å². The third kappa shape index (κ3) is 2.01. The summed E-state index contributed by atoms with van der Waals surface area (Å²) in [6, 6.07) is 22.7. The highest BCUT2D eigenvalue weighted by atomic mass is 14.9. The minimum Gasteiger partial charge on any atom is -0.337 e. The van der Waals surface area contributed by atoms with E-state index in [9.17, 15) is 0 Å². The number of nitrogens with zero attached hydrogens (tertiary/aromatic N) is 3. The Hall–Kier alpha value is -3.79.